The van der Waals surface area contributed by atoms with Gasteiger partial charge in [0.2, 0.25) is 0 Å². The molecule has 7 heteroatoms. The fourth-order valence-electron chi connectivity index (χ4n) is 2.80. The monoisotopic (exact) mass is 416 g/mol. The lowest BCUT2D eigenvalue weighted by molar-refractivity contribution is -0.125. The van der Waals surface area contributed by atoms with Gasteiger partial charge in [-0.15, -0.1) is 0 Å². The maximum Gasteiger partial charge on any atom is 0.269 e. The highest BCUT2D eigenvalue weighted by Gasteiger charge is 2.28. The number of hydrogen-bond acceptors (Lipinski definition) is 3. The molecule has 1 aromatic heterocycles. The molecule has 0 saturated carbocycles. The van der Waals surface area contributed by atoms with E-state index in [1.54, 1.807) is 37.3 Å². The molecule has 1 amide bonds. The number of nitrogens with zero attached hydrogens (tertiary/aromatic N) is 2. The van der Waals surface area contributed by atoms with Gasteiger partial charge in [-0.05, 0) is 42.8 Å². The van der Waals surface area contributed by atoms with E-state index < -0.39 is 23.6 Å². The maximum atomic E-state index is 14.3. The first-order chi connectivity index (χ1) is 14.0. The third-order valence-electron chi connectivity index (χ3n) is 4.32. The first-order valence-corrected chi connectivity index (χ1v) is 9.45. The molecule has 150 valence electrons. The van der Waals surface area contributed by atoms with Crippen LogP contribution >= 0.6 is 11.6 Å². The Morgan fingerprint density at radius 2 is 1.79 bits per heavy atom. The predicted molar refractivity (Wildman–Crippen MR) is 108 cm³/mol. The third-order valence-corrected chi connectivity index (χ3v) is 4.68. The van der Waals surface area contributed by atoms with Gasteiger partial charge in [0.1, 0.15) is 11.6 Å². The summed E-state index contributed by atoms with van der Waals surface area (Å²) in [4.78, 5) is 18.8. The average Bonchev–Trinajstić information content (AvgIpc) is 2.73. The Hall–Kier alpha value is -2.99. The number of rotatable bonds is 7. The molecule has 0 saturated heterocycles. The molecular weight excluding hydrogens is 398 g/mol. The lowest BCUT2D eigenvalue weighted by Gasteiger charge is -2.27. The van der Waals surface area contributed by atoms with Gasteiger partial charge >= 0.3 is 0 Å². The van der Waals surface area contributed by atoms with Crippen molar-refractivity contribution in [3.63, 3.8) is 0 Å². The number of ether oxygens (including phenoxy) is 1. The van der Waals surface area contributed by atoms with Crippen molar-refractivity contribution in [1.82, 2.24) is 4.98 Å². The summed E-state index contributed by atoms with van der Waals surface area (Å²) in [6.07, 6.45) is 0.818. The molecule has 4 nitrogen and oxygen atoms in total. The highest BCUT2D eigenvalue weighted by Crippen LogP contribution is 2.25. The van der Waals surface area contributed by atoms with Gasteiger partial charge in [-0.3, -0.25) is 9.69 Å². The number of amides is 1. The molecule has 0 aliphatic heterocycles. The molecule has 3 rings (SSSR count). The number of pyridine rings is 1. The number of carbonyl (C=O) groups excluding carboxylic acids is 1. The van der Waals surface area contributed by atoms with Crippen molar-refractivity contribution in [1.29, 1.82) is 0 Å². The zero-order valence-electron chi connectivity index (χ0n) is 15.7. The number of hydrogen-bond donors (Lipinski definition) is 0. The smallest absolute Gasteiger partial charge is 0.269 e. The first kappa shape index (κ1) is 20.7. The maximum absolute atomic E-state index is 14.3. The molecule has 0 aliphatic rings. The Morgan fingerprint density at radius 3 is 2.45 bits per heavy atom. The van der Waals surface area contributed by atoms with E-state index in [0.717, 1.165) is 0 Å². The van der Waals surface area contributed by atoms with Crippen LogP contribution in [-0.2, 0) is 11.3 Å². The van der Waals surface area contributed by atoms with E-state index in [2.05, 4.69) is 4.98 Å². The van der Waals surface area contributed by atoms with Crippen molar-refractivity contribution in [3.05, 3.63) is 89.1 Å². The van der Waals surface area contributed by atoms with Crippen LogP contribution in [0.2, 0.25) is 5.02 Å². The topological polar surface area (TPSA) is 42.4 Å². The number of para-hydroxylation sites is 1. The molecule has 3 aromatic rings. The van der Waals surface area contributed by atoms with Crippen LogP contribution in [0.5, 0.6) is 5.75 Å². The summed E-state index contributed by atoms with van der Waals surface area (Å²) < 4.78 is 34.0. The van der Waals surface area contributed by atoms with Gasteiger partial charge in [0.05, 0.1) is 6.54 Å². The van der Waals surface area contributed by atoms with Crippen molar-refractivity contribution in [3.8, 4) is 5.75 Å². The first-order valence-electron chi connectivity index (χ1n) is 9.07. The summed E-state index contributed by atoms with van der Waals surface area (Å²) in [5, 5.41) is 0.196. The van der Waals surface area contributed by atoms with Crippen molar-refractivity contribution in [2.75, 3.05) is 4.90 Å². The lowest BCUT2D eigenvalue weighted by atomic mass is 10.1. The Balaban J connectivity index is 1.94. The Labute approximate surface area is 172 Å². The zero-order valence-corrected chi connectivity index (χ0v) is 16.4. The predicted octanol–water partition coefficient (Wildman–Crippen LogP) is 5.40. The van der Waals surface area contributed by atoms with E-state index in [4.69, 9.17) is 16.3 Å². The van der Waals surface area contributed by atoms with Crippen molar-refractivity contribution in [2.45, 2.75) is 26.0 Å². The minimum atomic E-state index is -0.987. The van der Waals surface area contributed by atoms with Crippen LogP contribution in [0.25, 0.3) is 0 Å². The summed E-state index contributed by atoms with van der Waals surface area (Å²) in [6, 6.07) is 15.2. The number of halogens is 3. The molecule has 0 radical (unpaired) electrons. The minimum Gasteiger partial charge on any atom is -0.478 e. The quantitative estimate of drug-likeness (QED) is 0.517. The van der Waals surface area contributed by atoms with E-state index in [-0.39, 0.29) is 29.3 Å². The Bertz CT molecular complexity index is 965. The van der Waals surface area contributed by atoms with Gasteiger partial charge in [-0.2, -0.15) is 0 Å². The third kappa shape index (κ3) is 4.90. The second kappa shape index (κ2) is 9.47. The van der Waals surface area contributed by atoms with Crippen LogP contribution in [0.1, 0.15) is 18.9 Å². The van der Waals surface area contributed by atoms with E-state index >= 15 is 0 Å². The van der Waals surface area contributed by atoms with Crippen LogP contribution < -0.4 is 9.64 Å². The van der Waals surface area contributed by atoms with Crippen LogP contribution in [0.4, 0.5) is 14.6 Å². The van der Waals surface area contributed by atoms with E-state index in [1.807, 2.05) is 0 Å². The molecule has 1 unspecified atom stereocenters. The highest BCUT2D eigenvalue weighted by molar-refractivity contribution is 6.31. The molecule has 0 spiro atoms. The average molecular weight is 417 g/mol. The second-order valence-corrected chi connectivity index (χ2v) is 6.66. The summed E-state index contributed by atoms with van der Waals surface area (Å²) in [5.74, 6) is -1.30. The summed E-state index contributed by atoms with van der Waals surface area (Å²) in [6.45, 7) is 1.61. The Kier molecular flexibility index (Phi) is 6.77. The molecule has 0 N–H and O–H groups in total. The second-order valence-electron chi connectivity index (χ2n) is 6.26. The lowest BCUT2D eigenvalue weighted by Crippen LogP contribution is -2.42. The normalized spacial score (nSPS) is 11.7. The SMILES string of the molecule is CCC(Oc1ccccc1F)C(=O)N(Cc1c(F)cccc1Cl)c1ccccn1. The summed E-state index contributed by atoms with van der Waals surface area (Å²) in [7, 11) is 0. The van der Waals surface area contributed by atoms with Crippen molar-refractivity contribution < 1.29 is 18.3 Å². The molecule has 1 heterocycles. The molecular formula is C22H19ClF2N2O2. The minimum absolute atomic E-state index is 0.0300. The molecule has 29 heavy (non-hydrogen) atoms. The van der Waals surface area contributed by atoms with Gasteiger partial charge in [-0.1, -0.05) is 42.8 Å². The molecule has 1 atom stereocenters. The standard InChI is InChI=1S/C22H19ClF2N2O2/c1-2-19(29-20-11-4-3-9-18(20)25)22(28)27(21-12-5-6-13-26-21)14-15-16(23)8-7-10-17(15)24/h3-13,19H,2,14H2,1H3. The van der Waals surface area contributed by atoms with Gasteiger partial charge in [-0.25, -0.2) is 13.8 Å². The summed E-state index contributed by atoms with van der Waals surface area (Å²) in [5.41, 5.74) is 0.161. The van der Waals surface area contributed by atoms with Crippen molar-refractivity contribution in [2.24, 2.45) is 0 Å². The summed E-state index contributed by atoms with van der Waals surface area (Å²) >= 11 is 6.15. The van der Waals surface area contributed by atoms with Crippen LogP contribution in [-0.4, -0.2) is 17.0 Å². The molecule has 0 bridgehead atoms. The van der Waals surface area contributed by atoms with Gasteiger partial charge < -0.3 is 4.74 Å². The highest BCUT2D eigenvalue weighted by atomic mass is 35.5. The Morgan fingerprint density at radius 1 is 1.07 bits per heavy atom. The zero-order chi connectivity index (χ0) is 20.8. The molecule has 0 fully saturated rings. The number of aromatic nitrogens is 1. The van der Waals surface area contributed by atoms with Gasteiger partial charge in [0.15, 0.2) is 17.7 Å². The van der Waals surface area contributed by atoms with Gasteiger partial charge in [0.25, 0.3) is 5.91 Å². The van der Waals surface area contributed by atoms with E-state index in [0.29, 0.717) is 5.82 Å². The fraction of sp³-hybridized carbons (Fsp3) is 0.182. The van der Waals surface area contributed by atoms with Crippen LogP contribution in [0.15, 0.2) is 66.9 Å². The van der Waals surface area contributed by atoms with Gasteiger partial charge in [0, 0.05) is 16.8 Å². The van der Waals surface area contributed by atoms with Crippen molar-refractivity contribution >= 4 is 23.3 Å². The largest absolute Gasteiger partial charge is 0.478 e. The number of carbonyl (C=O) groups is 1. The van der Waals surface area contributed by atoms with Crippen LogP contribution in [0.3, 0.4) is 0 Å². The van der Waals surface area contributed by atoms with Crippen LogP contribution in [0, 0.1) is 11.6 Å². The van der Waals surface area contributed by atoms with E-state index in [9.17, 15) is 13.6 Å². The molecule has 0 aliphatic carbocycles. The fourth-order valence-corrected chi connectivity index (χ4v) is 3.03. The molecule has 2 aromatic carbocycles. The number of anilines is 1. The number of benzene rings is 2. The van der Waals surface area contributed by atoms with E-state index in [1.165, 1.54) is 41.4 Å².